The summed E-state index contributed by atoms with van der Waals surface area (Å²) in [6.07, 6.45) is 1.42. The van der Waals surface area contributed by atoms with Crippen LogP contribution in [0.25, 0.3) is 11.4 Å². The molecule has 9 heteroatoms. The third kappa shape index (κ3) is 4.41. The normalized spacial score (nSPS) is 22.4. The molecule has 2 aliphatic rings. The van der Waals surface area contributed by atoms with Gasteiger partial charge in [0.05, 0.1) is 17.2 Å². The van der Waals surface area contributed by atoms with Gasteiger partial charge in [0, 0.05) is 12.1 Å². The summed E-state index contributed by atoms with van der Waals surface area (Å²) < 4.78 is 17.8. The molecule has 2 fully saturated rings. The van der Waals surface area contributed by atoms with Gasteiger partial charge in [-0.05, 0) is 66.8 Å². The van der Waals surface area contributed by atoms with Crippen LogP contribution < -0.4 is 5.46 Å². The number of aromatic amines is 1. The lowest BCUT2D eigenvalue weighted by Crippen LogP contribution is -2.41. The van der Waals surface area contributed by atoms with Crippen molar-refractivity contribution in [2.24, 2.45) is 0 Å². The summed E-state index contributed by atoms with van der Waals surface area (Å²) in [5, 5.41) is 8.66. The first-order valence-electron chi connectivity index (χ1n) is 11.2. The summed E-state index contributed by atoms with van der Waals surface area (Å²) in [5.41, 5.74) is 0.579. The summed E-state index contributed by atoms with van der Waals surface area (Å²) in [7, 11) is -0.403. The molecule has 0 aliphatic carbocycles. The fourth-order valence-corrected chi connectivity index (χ4v) is 3.92. The molecule has 0 saturated carbocycles. The quantitative estimate of drug-likeness (QED) is 0.730. The van der Waals surface area contributed by atoms with Gasteiger partial charge in [0.1, 0.15) is 5.60 Å². The van der Waals surface area contributed by atoms with Crippen LogP contribution in [0.2, 0.25) is 0 Å². The molecule has 1 aromatic carbocycles. The van der Waals surface area contributed by atoms with Crippen molar-refractivity contribution in [2.75, 3.05) is 6.54 Å². The molecule has 0 unspecified atom stereocenters. The summed E-state index contributed by atoms with van der Waals surface area (Å²) in [6.45, 7) is 14.4. The maximum Gasteiger partial charge on any atom is 0.494 e. The maximum absolute atomic E-state index is 12.6. The number of nitrogens with zero attached hydrogens (tertiary/aromatic N) is 3. The molecule has 0 radical (unpaired) electrons. The number of benzene rings is 1. The van der Waals surface area contributed by atoms with Crippen molar-refractivity contribution in [2.45, 2.75) is 84.2 Å². The largest absolute Gasteiger partial charge is 0.494 e. The van der Waals surface area contributed by atoms with E-state index in [4.69, 9.17) is 14.0 Å². The Hall–Kier alpha value is -2.39. The second-order valence-electron chi connectivity index (χ2n) is 10.6. The highest BCUT2D eigenvalue weighted by atomic mass is 16.7. The average molecular weight is 440 g/mol. The van der Waals surface area contributed by atoms with Gasteiger partial charge in [-0.2, -0.15) is 0 Å². The molecule has 0 spiro atoms. The predicted molar refractivity (Wildman–Crippen MR) is 122 cm³/mol. The van der Waals surface area contributed by atoms with Gasteiger partial charge >= 0.3 is 13.2 Å². The molecule has 2 aromatic rings. The first kappa shape index (κ1) is 22.8. The Balaban J connectivity index is 1.48. The summed E-state index contributed by atoms with van der Waals surface area (Å²) in [5.74, 6) is 1.34. The Morgan fingerprint density at radius 1 is 1.12 bits per heavy atom. The molecular weight excluding hydrogens is 407 g/mol. The highest BCUT2D eigenvalue weighted by Gasteiger charge is 2.51. The van der Waals surface area contributed by atoms with E-state index < -0.39 is 12.7 Å². The fraction of sp³-hybridized carbons (Fsp3) is 0.609. The van der Waals surface area contributed by atoms with Crippen LogP contribution in [0, 0.1) is 0 Å². The van der Waals surface area contributed by atoms with E-state index in [1.54, 1.807) is 4.90 Å². The molecule has 4 rings (SSSR count). The van der Waals surface area contributed by atoms with Crippen molar-refractivity contribution in [1.82, 2.24) is 20.1 Å². The van der Waals surface area contributed by atoms with Crippen molar-refractivity contribution in [1.29, 1.82) is 0 Å². The highest BCUT2D eigenvalue weighted by molar-refractivity contribution is 6.62. The zero-order valence-corrected chi connectivity index (χ0v) is 20.1. The van der Waals surface area contributed by atoms with E-state index >= 15 is 0 Å². The first-order valence-corrected chi connectivity index (χ1v) is 11.2. The van der Waals surface area contributed by atoms with Crippen molar-refractivity contribution < 1.29 is 18.8 Å². The molecule has 1 atom stereocenters. The number of nitrogens with one attached hydrogen (secondary N) is 1. The van der Waals surface area contributed by atoms with E-state index in [9.17, 15) is 4.79 Å². The van der Waals surface area contributed by atoms with Gasteiger partial charge in [0.2, 0.25) is 0 Å². The lowest BCUT2D eigenvalue weighted by atomic mass is 9.79. The van der Waals surface area contributed by atoms with Crippen LogP contribution >= 0.6 is 0 Å². The van der Waals surface area contributed by atoms with E-state index in [1.165, 1.54) is 0 Å². The topological polar surface area (TPSA) is 89.6 Å². The Labute approximate surface area is 190 Å². The average Bonchev–Trinajstić information content (AvgIpc) is 3.38. The number of aromatic nitrogens is 3. The van der Waals surface area contributed by atoms with Gasteiger partial charge < -0.3 is 19.0 Å². The van der Waals surface area contributed by atoms with Crippen LogP contribution in [0.1, 0.15) is 73.2 Å². The third-order valence-electron chi connectivity index (χ3n) is 6.41. The minimum absolute atomic E-state index is 0.157. The van der Waals surface area contributed by atoms with Crippen LogP contribution in [0.4, 0.5) is 4.79 Å². The van der Waals surface area contributed by atoms with Crippen LogP contribution in [0.15, 0.2) is 24.3 Å². The zero-order valence-electron chi connectivity index (χ0n) is 20.1. The van der Waals surface area contributed by atoms with Crippen molar-refractivity contribution in [3.63, 3.8) is 0 Å². The van der Waals surface area contributed by atoms with E-state index in [0.29, 0.717) is 18.2 Å². The van der Waals surface area contributed by atoms with Gasteiger partial charge in [0.15, 0.2) is 11.6 Å². The van der Waals surface area contributed by atoms with Crippen molar-refractivity contribution in [3.8, 4) is 11.4 Å². The summed E-state index contributed by atoms with van der Waals surface area (Å²) in [6, 6.07) is 7.77. The van der Waals surface area contributed by atoms with Crippen LogP contribution in [0.3, 0.4) is 0 Å². The number of rotatable bonds is 3. The second kappa shape index (κ2) is 7.88. The van der Waals surface area contributed by atoms with Crippen LogP contribution in [0.5, 0.6) is 0 Å². The second-order valence-corrected chi connectivity index (χ2v) is 10.6. The number of hydrogen-bond acceptors (Lipinski definition) is 6. The summed E-state index contributed by atoms with van der Waals surface area (Å²) >= 11 is 0. The minimum atomic E-state index is -0.532. The molecule has 2 saturated heterocycles. The predicted octanol–water partition coefficient (Wildman–Crippen LogP) is 3.84. The van der Waals surface area contributed by atoms with Crippen LogP contribution in [-0.4, -0.2) is 56.6 Å². The molecular formula is C23H33BN4O4. The Morgan fingerprint density at radius 2 is 1.75 bits per heavy atom. The SMILES string of the molecule is CC(C)(C)OC(=O)N1CCC[C@@H]1c1nnc(-c2ccc(B3OC(C)(C)C(C)(C)O3)cc2)[nH]1. The number of carbonyl (C=O) groups excluding carboxylic acids is 1. The molecule has 1 aromatic heterocycles. The van der Waals surface area contributed by atoms with Gasteiger partial charge in [-0.15, -0.1) is 10.2 Å². The van der Waals surface area contributed by atoms with Gasteiger partial charge in [-0.3, -0.25) is 4.90 Å². The number of likely N-dealkylation sites (tertiary alicyclic amines) is 1. The standard InChI is InChI=1S/C23H33BN4O4/c1-21(2,3)30-20(29)28-14-8-9-17(28)19-25-18(26-27-19)15-10-12-16(13-11-15)24-31-22(4,5)23(6,7)32-24/h10-13,17H,8-9,14H2,1-7H3,(H,25,26,27)/t17-/m1/s1. The monoisotopic (exact) mass is 440 g/mol. The fourth-order valence-electron chi connectivity index (χ4n) is 3.92. The Bertz CT molecular complexity index is 965. The van der Waals surface area contributed by atoms with E-state index in [2.05, 4.69) is 15.2 Å². The van der Waals surface area contributed by atoms with E-state index in [0.717, 1.165) is 23.9 Å². The zero-order chi connectivity index (χ0) is 23.3. The number of ether oxygens (including phenoxy) is 1. The van der Waals surface area contributed by atoms with Crippen molar-refractivity contribution >= 4 is 18.7 Å². The van der Waals surface area contributed by atoms with Gasteiger partial charge in [-0.25, -0.2) is 4.79 Å². The number of H-pyrrole nitrogens is 1. The molecule has 1 N–H and O–H groups in total. The lowest BCUT2D eigenvalue weighted by Gasteiger charge is -2.32. The van der Waals surface area contributed by atoms with Gasteiger partial charge in [0.25, 0.3) is 0 Å². The number of carbonyl (C=O) groups is 1. The molecule has 32 heavy (non-hydrogen) atoms. The molecule has 2 aliphatic heterocycles. The van der Waals surface area contributed by atoms with E-state index in [-0.39, 0.29) is 23.3 Å². The third-order valence-corrected chi connectivity index (χ3v) is 6.41. The molecule has 8 nitrogen and oxygen atoms in total. The van der Waals surface area contributed by atoms with Crippen molar-refractivity contribution in [3.05, 3.63) is 30.1 Å². The highest BCUT2D eigenvalue weighted by Crippen LogP contribution is 2.36. The van der Waals surface area contributed by atoms with Crippen LogP contribution in [-0.2, 0) is 14.0 Å². The lowest BCUT2D eigenvalue weighted by molar-refractivity contribution is 0.00578. The molecule has 0 bridgehead atoms. The van der Waals surface area contributed by atoms with Gasteiger partial charge in [-0.1, -0.05) is 24.3 Å². The summed E-state index contributed by atoms with van der Waals surface area (Å²) in [4.78, 5) is 17.6. The Morgan fingerprint density at radius 3 is 2.34 bits per heavy atom. The first-order chi connectivity index (χ1) is 14.9. The smallest absolute Gasteiger partial charge is 0.444 e. The minimum Gasteiger partial charge on any atom is -0.444 e. The molecule has 3 heterocycles. The number of hydrogen-bond donors (Lipinski definition) is 1. The number of amides is 1. The molecule has 172 valence electrons. The maximum atomic E-state index is 12.6. The molecule has 1 amide bonds. The Kier molecular flexibility index (Phi) is 5.62. The van der Waals surface area contributed by atoms with E-state index in [1.807, 2.05) is 72.7 Å².